The Kier molecular flexibility index (Phi) is 5.57. The van der Waals surface area contributed by atoms with Crippen molar-refractivity contribution in [1.82, 2.24) is 0 Å². The summed E-state index contributed by atoms with van der Waals surface area (Å²) in [5.74, 6) is 0. The molecule has 0 atom stereocenters. The zero-order valence-corrected chi connectivity index (χ0v) is 21.0. The van der Waals surface area contributed by atoms with Crippen molar-refractivity contribution >= 4 is 21.5 Å². The normalized spacial score (nSPS) is 11.2. The molecule has 0 amide bonds. The van der Waals surface area contributed by atoms with E-state index < -0.39 is 0 Å². The predicted octanol–water partition coefficient (Wildman–Crippen LogP) is 10.7. The summed E-state index contributed by atoms with van der Waals surface area (Å²) >= 11 is 0. The van der Waals surface area contributed by atoms with Crippen molar-refractivity contribution in [2.75, 3.05) is 0 Å². The van der Waals surface area contributed by atoms with Crippen molar-refractivity contribution in [2.24, 2.45) is 0 Å². The summed E-state index contributed by atoms with van der Waals surface area (Å²) in [5, 5.41) is 5.07. The fourth-order valence-corrected chi connectivity index (χ4v) is 5.41. The lowest BCUT2D eigenvalue weighted by Crippen LogP contribution is -1.84. The first-order valence-electron chi connectivity index (χ1n) is 13.1. The highest BCUT2D eigenvalue weighted by atomic mass is 14.1. The van der Waals surface area contributed by atoms with Gasteiger partial charge >= 0.3 is 0 Å². The summed E-state index contributed by atoms with van der Waals surface area (Å²) in [4.78, 5) is 0. The van der Waals surface area contributed by atoms with E-state index in [2.05, 4.69) is 158 Å². The molecule has 0 heteroatoms. The molecule has 0 bridgehead atoms. The van der Waals surface area contributed by atoms with Crippen LogP contribution >= 0.6 is 0 Å². The number of hydrogen-bond donors (Lipinski definition) is 0. The topological polar surface area (TPSA) is 0 Å². The van der Waals surface area contributed by atoms with Crippen molar-refractivity contribution < 1.29 is 0 Å². The molecular formula is C38H26. The van der Waals surface area contributed by atoms with Gasteiger partial charge in [-0.25, -0.2) is 0 Å². The van der Waals surface area contributed by atoms with Crippen molar-refractivity contribution in [3.8, 4) is 44.5 Å². The maximum Gasteiger partial charge on any atom is -0.0105 e. The van der Waals surface area contributed by atoms with Gasteiger partial charge in [-0.3, -0.25) is 0 Å². The van der Waals surface area contributed by atoms with Crippen molar-refractivity contribution in [2.45, 2.75) is 0 Å². The molecule has 0 unspecified atom stereocenters. The summed E-state index contributed by atoms with van der Waals surface area (Å²) in [5.41, 5.74) is 9.95. The largest absolute Gasteiger partial charge is 0.0622 e. The van der Waals surface area contributed by atoms with E-state index in [4.69, 9.17) is 0 Å². The van der Waals surface area contributed by atoms with E-state index in [0.717, 1.165) is 0 Å². The van der Waals surface area contributed by atoms with E-state index in [-0.39, 0.29) is 0 Å². The SMILES string of the molecule is c1ccc(-c2ccc(-c3ccc4cc(-c5ccc(-c6cccc7ccccc67)cc5)ccc4c3)cc2)cc1. The molecule has 38 heavy (non-hydrogen) atoms. The van der Waals surface area contributed by atoms with Gasteiger partial charge in [-0.2, -0.15) is 0 Å². The molecule has 0 fully saturated rings. The minimum atomic E-state index is 1.23. The highest BCUT2D eigenvalue weighted by Gasteiger charge is 2.06. The average molecular weight is 483 g/mol. The van der Waals surface area contributed by atoms with Crippen LogP contribution in [0.2, 0.25) is 0 Å². The molecule has 0 radical (unpaired) electrons. The molecule has 0 saturated carbocycles. The van der Waals surface area contributed by atoms with Gasteiger partial charge in [0.05, 0.1) is 0 Å². The Morgan fingerprint density at radius 1 is 0.237 bits per heavy atom. The Labute approximate surface area is 223 Å². The first kappa shape index (κ1) is 22.3. The van der Waals surface area contributed by atoms with Crippen LogP contribution in [0.4, 0.5) is 0 Å². The molecule has 0 N–H and O–H groups in total. The standard InChI is InChI=1S/C38H26/c1-2-7-27(8-3-1)28-13-15-29(16-14-28)33-21-23-36-26-34(22-24-35(36)25-33)30-17-19-32(20-18-30)38-12-6-10-31-9-4-5-11-37(31)38/h1-26H. The Bertz CT molecular complexity index is 1870. The van der Waals surface area contributed by atoms with Crippen molar-refractivity contribution in [3.05, 3.63) is 158 Å². The Balaban J connectivity index is 1.16. The molecular weight excluding hydrogens is 456 g/mol. The predicted molar refractivity (Wildman–Crippen MR) is 163 cm³/mol. The van der Waals surface area contributed by atoms with Crippen LogP contribution in [0.3, 0.4) is 0 Å². The number of benzene rings is 7. The summed E-state index contributed by atoms with van der Waals surface area (Å²) in [7, 11) is 0. The first-order valence-corrected chi connectivity index (χ1v) is 13.1. The zero-order chi connectivity index (χ0) is 25.3. The van der Waals surface area contributed by atoms with E-state index in [1.165, 1.54) is 66.1 Å². The maximum absolute atomic E-state index is 2.30. The molecule has 0 heterocycles. The van der Waals surface area contributed by atoms with Crippen LogP contribution < -0.4 is 0 Å². The molecule has 0 aromatic heterocycles. The summed E-state index contributed by atoms with van der Waals surface area (Å²) in [6.07, 6.45) is 0. The van der Waals surface area contributed by atoms with E-state index >= 15 is 0 Å². The van der Waals surface area contributed by atoms with Gasteiger partial charge in [0, 0.05) is 0 Å². The van der Waals surface area contributed by atoms with Crippen LogP contribution in [-0.4, -0.2) is 0 Å². The second-order valence-corrected chi connectivity index (χ2v) is 9.82. The quantitative estimate of drug-likeness (QED) is 0.234. The molecule has 0 aliphatic rings. The van der Waals surface area contributed by atoms with Gasteiger partial charge < -0.3 is 0 Å². The van der Waals surface area contributed by atoms with Crippen molar-refractivity contribution in [3.63, 3.8) is 0 Å². The van der Waals surface area contributed by atoms with Gasteiger partial charge in [-0.15, -0.1) is 0 Å². The van der Waals surface area contributed by atoms with Crippen LogP contribution in [0.15, 0.2) is 158 Å². The van der Waals surface area contributed by atoms with Crippen LogP contribution in [0.1, 0.15) is 0 Å². The summed E-state index contributed by atoms with van der Waals surface area (Å²) in [6, 6.07) is 57.0. The lowest BCUT2D eigenvalue weighted by Gasteiger charge is -2.10. The van der Waals surface area contributed by atoms with Crippen LogP contribution in [-0.2, 0) is 0 Å². The van der Waals surface area contributed by atoms with Gasteiger partial charge in [0.15, 0.2) is 0 Å². The summed E-state index contributed by atoms with van der Waals surface area (Å²) in [6.45, 7) is 0. The molecule has 0 spiro atoms. The number of hydrogen-bond acceptors (Lipinski definition) is 0. The third-order valence-electron chi connectivity index (χ3n) is 7.48. The minimum Gasteiger partial charge on any atom is -0.0622 e. The Morgan fingerprint density at radius 3 is 1.32 bits per heavy atom. The molecule has 0 aliphatic heterocycles. The van der Waals surface area contributed by atoms with Crippen LogP contribution in [0.25, 0.3) is 66.1 Å². The Morgan fingerprint density at radius 2 is 0.684 bits per heavy atom. The minimum absolute atomic E-state index is 1.23. The average Bonchev–Trinajstić information content (AvgIpc) is 3.01. The van der Waals surface area contributed by atoms with Gasteiger partial charge in [-0.05, 0) is 78.2 Å². The molecule has 7 rings (SSSR count). The number of fused-ring (bicyclic) bond motifs is 2. The van der Waals surface area contributed by atoms with E-state index in [0.29, 0.717) is 0 Å². The second-order valence-electron chi connectivity index (χ2n) is 9.82. The van der Waals surface area contributed by atoms with Gasteiger partial charge in [0.2, 0.25) is 0 Å². The zero-order valence-electron chi connectivity index (χ0n) is 21.0. The third kappa shape index (κ3) is 4.17. The smallest absolute Gasteiger partial charge is 0.0105 e. The monoisotopic (exact) mass is 482 g/mol. The van der Waals surface area contributed by atoms with E-state index in [1.54, 1.807) is 0 Å². The van der Waals surface area contributed by atoms with Gasteiger partial charge in [0.1, 0.15) is 0 Å². The maximum atomic E-state index is 2.30. The summed E-state index contributed by atoms with van der Waals surface area (Å²) < 4.78 is 0. The molecule has 0 nitrogen and oxygen atoms in total. The highest BCUT2D eigenvalue weighted by molar-refractivity contribution is 5.97. The van der Waals surface area contributed by atoms with E-state index in [1.807, 2.05) is 0 Å². The van der Waals surface area contributed by atoms with Gasteiger partial charge in [0.25, 0.3) is 0 Å². The molecule has 7 aromatic rings. The lowest BCUT2D eigenvalue weighted by atomic mass is 9.94. The van der Waals surface area contributed by atoms with Crippen LogP contribution in [0.5, 0.6) is 0 Å². The second kappa shape index (κ2) is 9.50. The molecule has 7 aromatic carbocycles. The first-order chi connectivity index (χ1) is 18.8. The fourth-order valence-electron chi connectivity index (χ4n) is 5.41. The Hall–Kier alpha value is -4.94. The van der Waals surface area contributed by atoms with E-state index in [9.17, 15) is 0 Å². The molecule has 178 valence electrons. The lowest BCUT2D eigenvalue weighted by molar-refractivity contribution is 1.60. The number of rotatable bonds is 4. The highest BCUT2D eigenvalue weighted by Crippen LogP contribution is 2.33. The van der Waals surface area contributed by atoms with Gasteiger partial charge in [-0.1, -0.05) is 146 Å². The fraction of sp³-hybridized carbons (Fsp3) is 0. The molecule has 0 aliphatic carbocycles. The molecule has 0 saturated heterocycles. The van der Waals surface area contributed by atoms with Crippen LogP contribution in [0, 0.1) is 0 Å². The van der Waals surface area contributed by atoms with Crippen molar-refractivity contribution in [1.29, 1.82) is 0 Å². The third-order valence-corrected chi connectivity index (χ3v) is 7.48.